The molecule has 16 heavy (non-hydrogen) atoms. The average molecular weight is 231 g/mol. The Kier molecular flexibility index (Phi) is 9.24. The second kappa shape index (κ2) is 9.60. The van der Waals surface area contributed by atoms with Crippen molar-refractivity contribution >= 4 is 5.97 Å². The Morgan fingerprint density at radius 1 is 1.38 bits per heavy atom. The molecule has 4 nitrogen and oxygen atoms in total. The van der Waals surface area contributed by atoms with Gasteiger partial charge >= 0.3 is 5.97 Å². The average Bonchev–Trinajstić information content (AvgIpc) is 2.19. The molecule has 0 amide bonds. The summed E-state index contributed by atoms with van der Waals surface area (Å²) in [6.45, 7) is 8.75. The SMILES string of the molecule is CC(C)COCCCNC(C)CCC(=O)O. The maximum absolute atomic E-state index is 10.3. The Bertz CT molecular complexity index is 183. The third kappa shape index (κ3) is 11.5. The fourth-order valence-corrected chi connectivity index (χ4v) is 1.28. The third-order valence-corrected chi connectivity index (χ3v) is 2.20. The summed E-state index contributed by atoms with van der Waals surface area (Å²) in [5, 5.41) is 11.8. The van der Waals surface area contributed by atoms with Crippen molar-refractivity contribution in [3.8, 4) is 0 Å². The van der Waals surface area contributed by atoms with Gasteiger partial charge in [-0.1, -0.05) is 13.8 Å². The Morgan fingerprint density at radius 2 is 2.06 bits per heavy atom. The molecule has 0 spiro atoms. The molecule has 4 heteroatoms. The number of carbonyl (C=O) groups is 1. The molecule has 0 aliphatic rings. The molecule has 0 aliphatic heterocycles. The van der Waals surface area contributed by atoms with Crippen LogP contribution in [0.4, 0.5) is 0 Å². The molecular weight excluding hydrogens is 206 g/mol. The van der Waals surface area contributed by atoms with Crippen LogP contribution >= 0.6 is 0 Å². The van der Waals surface area contributed by atoms with Crippen LogP contribution in [0.2, 0.25) is 0 Å². The van der Waals surface area contributed by atoms with E-state index in [1.54, 1.807) is 0 Å². The molecule has 0 fully saturated rings. The maximum Gasteiger partial charge on any atom is 0.303 e. The van der Waals surface area contributed by atoms with Gasteiger partial charge in [0.25, 0.3) is 0 Å². The van der Waals surface area contributed by atoms with Gasteiger partial charge in [0.05, 0.1) is 0 Å². The molecule has 2 N–H and O–H groups in total. The molecule has 0 radical (unpaired) electrons. The summed E-state index contributed by atoms with van der Waals surface area (Å²) >= 11 is 0. The van der Waals surface area contributed by atoms with E-state index < -0.39 is 5.97 Å². The van der Waals surface area contributed by atoms with Crippen molar-refractivity contribution in [1.82, 2.24) is 5.32 Å². The van der Waals surface area contributed by atoms with E-state index in [1.165, 1.54) is 0 Å². The highest BCUT2D eigenvalue weighted by Crippen LogP contribution is 1.97. The van der Waals surface area contributed by atoms with Gasteiger partial charge in [0.2, 0.25) is 0 Å². The molecule has 0 aromatic rings. The second-order valence-corrected chi connectivity index (χ2v) is 4.61. The largest absolute Gasteiger partial charge is 0.481 e. The van der Waals surface area contributed by atoms with E-state index in [0.717, 1.165) is 26.2 Å². The van der Waals surface area contributed by atoms with Crippen LogP contribution in [0.3, 0.4) is 0 Å². The molecule has 1 atom stereocenters. The van der Waals surface area contributed by atoms with E-state index in [4.69, 9.17) is 9.84 Å². The Morgan fingerprint density at radius 3 is 2.62 bits per heavy atom. The number of nitrogens with one attached hydrogen (secondary N) is 1. The van der Waals surface area contributed by atoms with Gasteiger partial charge in [-0.05, 0) is 32.2 Å². The minimum absolute atomic E-state index is 0.234. The topological polar surface area (TPSA) is 58.6 Å². The number of hydrogen-bond donors (Lipinski definition) is 2. The minimum Gasteiger partial charge on any atom is -0.481 e. The van der Waals surface area contributed by atoms with Gasteiger partial charge in [0.1, 0.15) is 0 Å². The summed E-state index contributed by atoms with van der Waals surface area (Å²) in [5.41, 5.74) is 0. The van der Waals surface area contributed by atoms with Crippen LogP contribution in [-0.2, 0) is 9.53 Å². The smallest absolute Gasteiger partial charge is 0.303 e. The van der Waals surface area contributed by atoms with E-state index in [-0.39, 0.29) is 12.5 Å². The molecule has 0 saturated carbocycles. The van der Waals surface area contributed by atoms with Crippen LogP contribution in [0.1, 0.15) is 40.0 Å². The lowest BCUT2D eigenvalue weighted by Crippen LogP contribution is -2.28. The standard InChI is InChI=1S/C12H25NO3/c1-10(2)9-16-8-4-7-13-11(3)5-6-12(14)15/h10-11,13H,4-9H2,1-3H3,(H,14,15). The maximum atomic E-state index is 10.3. The van der Waals surface area contributed by atoms with E-state index in [9.17, 15) is 4.79 Å². The minimum atomic E-state index is -0.728. The van der Waals surface area contributed by atoms with E-state index in [2.05, 4.69) is 19.2 Å². The first-order valence-corrected chi connectivity index (χ1v) is 6.05. The fraction of sp³-hybridized carbons (Fsp3) is 0.917. The van der Waals surface area contributed by atoms with Crippen molar-refractivity contribution in [2.75, 3.05) is 19.8 Å². The van der Waals surface area contributed by atoms with Crippen LogP contribution in [0, 0.1) is 5.92 Å². The van der Waals surface area contributed by atoms with Crippen LogP contribution < -0.4 is 5.32 Å². The summed E-state index contributed by atoms with van der Waals surface area (Å²) in [6.07, 6.45) is 1.89. The number of hydrogen-bond acceptors (Lipinski definition) is 3. The second-order valence-electron chi connectivity index (χ2n) is 4.61. The van der Waals surface area contributed by atoms with Crippen molar-refractivity contribution in [3.63, 3.8) is 0 Å². The van der Waals surface area contributed by atoms with Crippen molar-refractivity contribution in [3.05, 3.63) is 0 Å². The van der Waals surface area contributed by atoms with Crippen molar-refractivity contribution in [1.29, 1.82) is 0 Å². The molecule has 0 aliphatic carbocycles. The Balaban J connectivity index is 3.21. The first kappa shape index (κ1) is 15.4. The molecule has 0 heterocycles. The van der Waals surface area contributed by atoms with Gasteiger partial charge in [0.15, 0.2) is 0 Å². The molecule has 0 rings (SSSR count). The lowest BCUT2D eigenvalue weighted by Gasteiger charge is -2.12. The Hall–Kier alpha value is -0.610. The highest BCUT2D eigenvalue weighted by Gasteiger charge is 2.04. The number of aliphatic carboxylic acids is 1. The van der Waals surface area contributed by atoms with E-state index >= 15 is 0 Å². The molecule has 0 bridgehead atoms. The van der Waals surface area contributed by atoms with Crippen molar-refractivity contribution in [2.45, 2.75) is 46.1 Å². The number of rotatable bonds is 10. The van der Waals surface area contributed by atoms with E-state index in [0.29, 0.717) is 12.3 Å². The van der Waals surface area contributed by atoms with Crippen LogP contribution in [0.5, 0.6) is 0 Å². The quantitative estimate of drug-likeness (QED) is 0.564. The Labute approximate surface area is 98.4 Å². The number of carboxylic acid groups (broad SMARTS) is 1. The first-order valence-electron chi connectivity index (χ1n) is 6.05. The van der Waals surface area contributed by atoms with Crippen molar-refractivity contribution < 1.29 is 14.6 Å². The van der Waals surface area contributed by atoms with Gasteiger partial charge in [-0.15, -0.1) is 0 Å². The molecule has 96 valence electrons. The summed E-state index contributed by atoms with van der Waals surface area (Å²) in [7, 11) is 0. The van der Waals surface area contributed by atoms with Gasteiger partial charge < -0.3 is 15.2 Å². The zero-order chi connectivity index (χ0) is 12.4. The third-order valence-electron chi connectivity index (χ3n) is 2.20. The fourth-order valence-electron chi connectivity index (χ4n) is 1.28. The van der Waals surface area contributed by atoms with Gasteiger partial charge in [-0.3, -0.25) is 4.79 Å². The van der Waals surface area contributed by atoms with Gasteiger partial charge in [0, 0.05) is 25.7 Å². The lowest BCUT2D eigenvalue weighted by molar-refractivity contribution is -0.137. The normalized spacial score (nSPS) is 13.0. The van der Waals surface area contributed by atoms with Gasteiger partial charge in [-0.2, -0.15) is 0 Å². The van der Waals surface area contributed by atoms with Crippen molar-refractivity contribution in [2.24, 2.45) is 5.92 Å². The number of ether oxygens (including phenoxy) is 1. The first-order chi connectivity index (χ1) is 7.52. The highest BCUT2D eigenvalue weighted by atomic mass is 16.5. The summed E-state index contributed by atoms with van der Waals surface area (Å²) in [5.74, 6) is -0.142. The molecule has 0 aromatic carbocycles. The monoisotopic (exact) mass is 231 g/mol. The zero-order valence-electron chi connectivity index (χ0n) is 10.7. The van der Waals surface area contributed by atoms with Crippen LogP contribution in [0.25, 0.3) is 0 Å². The van der Waals surface area contributed by atoms with Crippen LogP contribution in [0.15, 0.2) is 0 Å². The highest BCUT2D eigenvalue weighted by molar-refractivity contribution is 5.66. The molecule has 1 unspecified atom stereocenters. The zero-order valence-corrected chi connectivity index (χ0v) is 10.7. The lowest BCUT2D eigenvalue weighted by atomic mass is 10.2. The predicted molar refractivity (Wildman–Crippen MR) is 64.6 cm³/mol. The van der Waals surface area contributed by atoms with E-state index in [1.807, 2.05) is 6.92 Å². The van der Waals surface area contributed by atoms with Gasteiger partial charge in [-0.25, -0.2) is 0 Å². The summed E-state index contributed by atoms with van der Waals surface area (Å²) < 4.78 is 5.44. The summed E-state index contributed by atoms with van der Waals surface area (Å²) in [4.78, 5) is 10.3. The molecule has 0 aromatic heterocycles. The molecule has 0 saturated heterocycles. The summed E-state index contributed by atoms with van der Waals surface area (Å²) in [6, 6.07) is 0.265. The molecular formula is C12H25NO3. The van der Waals surface area contributed by atoms with Crippen LogP contribution in [-0.4, -0.2) is 36.9 Å². The number of carboxylic acids is 1. The predicted octanol–water partition coefficient (Wildman–Crippen LogP) is 1.89.